The number of hydrogen-bond acceptors (Lipinski definition) is 4. The second-order valence-corrected chi connectivity index (χ2v) is 7.59. The van der Waals surface area contributed by atoms with E-state index in [1.165, 1.54) is 18.4 Å². The Bertz CT molecular complexity index is 666. The number of hydrogen-bond donors (Lipinski definition) is 1. The van der Waals surface area contributed by atoms with Crippen molar-refractivity contribution >= 4 is 43.0 Å². The SMILES string of the molecule is CN(CCO)S(=O)(=O)c1cc2cc(Cl)ccc2s1. The van der Waals surface area contributed by atoms with E-state index in [1.807, 2.05) is 0 Å². The molecule has 1 aromatic heterocycles. The molecule has 0 fully saturated rings. The molecule has 0 radical (unpaired) electrons. The summed E-state index contributed by atoms with van der Waals surface area (Å²) in [6, 6.07) is 6.87. The molecule has 0 spiro atoms. The highest BCUT2D eigenvalue weighted by Gasteiger charge is 2.22. The molecule has 0 aliphatic rings. The Balaban J connectivity index is 2.48. The topological polar surface area (TPSA) is 57.6 Å². The first-order valence-electron chi connectivity index (χ1n) is 5.21. The molecule has 0 bridgehead atoms. The molecule has 1 heterocycles. The minimum absolute atomic E-state index is 0.0807. The zero-order valence-corrected chi connectivity index (χ0v) is 12.0. The molecular weight excluding hydrogens is 294 g/mol. The van der Waals surface area contributed by atoms with Gasteiger partial charge in [0.1, 0.15) is 4.21 Å². The Morgan fingerprint density at radius 2 is 2.11 bits per heavy atom. The van der Waals surface area contributed by atoms with Crippen LogP contribution in [0.2, 0.25) is 5.02 Å². The number of thiophene rings is 1. The minimum atomic E-state index is -3.53. The van der Waals surface area contributed by atoms with Gasteiger partial charge < -0.3 is 5.11 Å². The standard InChI is InChI=1S/C11H12ClNO3S2/c1-13(4-5-14)18(15,16)11-7-8-6-9(12)2-3-10(8)17-11/h2-3,6-7,14H,4-5H2,1H3. The second kappa shape index (κ2) is 5.14. The molecule has 7 heteroatoms. The van der Waals surface area contributed by atoms with Crippen molar-refractivity contribution in [2.24, 2.45) is 0 Å². The second-order valence-electron chi connectivity index (χ2n) is 3.80. The highest BCUT2D eigenvalue weighted by Crippen LogP contribution is 2.32. The van der Waals surface area contributed by atoms with Crippen LogP contribution in [0.25, 0.3) is 10.1 Å². The summed E-state index contributed by atoms with van der Waals surface area (Å²) in [5.74, 6) is 0. The first-order chi connectivity index (χ1) is 8.45. The molecule has 1 N–H and O–H groups in total. The van der Waals surface area contributed by atoms with Crippen LogP contribution >= 0.6 is 22.9 Å². The summed E-state index contributed by atoms with van der Waals surface area (Å²) in [6.45, 7) is -0.121. The number of halogens is 1. The molecule has 2 aromatic rings. The Hall–Kier alpha value is -0.660. The van der Waals surface area contributed by atoms with Gasteiger partial charge in [0.15, 0.2) is 0 Å². The fraction of sp³-hybridized carbons (Fsp3) is 0.273. The third-order valence-electron chi connectivity index (χ3n) is 2.54. The largest absolute Gasteiger partial charge is 0.395 e. The van der Waals surface area contributed by atoms with Gasteiger partial charge in [-0.15, -0.1) is 11.3 Å². The smallest absolute Gasteiger partial charge is 0.252 e. The summed E-state index contributed by atoms with van der Waals surface area (Å²) in [7, 11) is -2.08. The van der Waals surface area contributed by atoms with Crippen molar-refractivity contribution in [3.63, 3.8) is 0 Å². The van der Waals surface area contributed by atoms with E-state index in [9.17, 15) is 8.42 Å². The molecule has 1 aromatic carbocycles. The van der Waals surface area contributed by atoms with E-state index in [0.717, 1.165) is 14.4 Å². The zero-order chi connectivity index (χ0) is 13.3. The molecule has 0 aliphatic carbocycles. The van der Waals surface area contributed by atoms with Gasteiger partial charge in [-0.05, 0) is 29.7 Å². The van der Waals surface area contributed by atoms with E-state index in [1.54, 1.807) is 24.3 Å². The average molecular weight is 306 g/mol. The van der Waals surface area contributed by atoms with E-state index in [0.29, 0.717) is 5.02 Å². The van der Waals surface area contributed by atoms with Gasteiger partial charge >= 0.3 is 0 Å². The first kappa shape index (κ1) is 13.8. The number of fused-ring (bicyclic) bond motifs is 1. The molecule has 0 saturated heterocycles. The third kappa shape index (κ3) is 2.53. The summed E-state index contributed by atoms with van der Waals surface area (Å²) < 4.78 is 26.6. The minimum Gasteiger partial charge on any atom is -0.395 e. The maximum absolute atomic E-state index is 12.2. The molecule has 0 atom stereocenters. The number of aliphatic hydroxyl groups is 1. The predicted octanol–water partition coefficient (Wildman–Crippen LogP) is 2.17. The maximum Gasteiger partial charge on any atom is 0.252 e. The summed E-state index contributed by atoms with van der Waals surface area (Å²) in [5.41, 5.74) is 0. The number of benzene rings is 1. The Morgan fingerprint density at radius 1 is 1.39 bits per heavy atom. The van der Waals surface area contributed by atoms with Crippen LogP contribution in [0.15, 0.2) is 28.5 Å². The van der Waals surface area contributed by atoms with Gasteiger partial charge in [-0.25, -0.2) is 8.42 Å². The van der Waals surface area contributed by atoms with Crippen molar-refractivity contribution < 1.29 is 13.5 Å². The molecule has 0 unspecified atom stereocenters. The Morgan fingerprint density at radius 3 is 2.78 bits per heavy atom. The summed E-state index contributed by atoms with van der Waals surface area (Å²) in [4.78, 5) is 0. The van der Waals surface area contributed by atoms with Crippen LogP contribution in [0.1, 0.15) is 0 Å². The maximum atomic E-state index is 12.2. The number of rotatable bonds is 4. The van der Waals surface area contributed by atoms with Crippen molar-refractivity contribution in [1.82, 2.24) is 4.31 Å². The number of sulfonamides is 1. The third-order valence-corrected chi connectivity index (χ3v) is 6.19. The van der Waals surface area contributed by atoms with Crippen LogP contribution in [0.4, 0.5) is 0 Å². The van der Waals surface area contributed by atoms with Crippen molar-refractivity contribution in [1.29, 1.82) is 0 Å². The normalized spacial score (nSPS) is 12.4. The number of likely N-dealkylation sites (N-methyl/N-ethyl adjacent to an activating group) is 1. The predicted molar refractivity (Wildman–Crippen MR) is 73.7 cm³/mol. The van der Waals surface area contributed by atoms with Gasteiger partial charge in [0.25, 0.3) is 10.0 Å². The zero-order valence-electron chi connectivity index (χ0n) is 9.63. The van der Waals surface area contributed by atoms with Gasteiger partial charge in [0, 0.05) is 23.3 Å². The van der Waals surface area contributed by atoms with Crippen LogP contribution in [0.3, 0.4) is 0 Å². The van der Waals surface area contributed by atoms with Crippen LogP contribution in [0.5, 0.6) is 0 Å². The fourth-order valence-corrected chi connectivity index (χ4v) is 4.46. The summed E-state index contributed by atoms with van der Waals surface area (Å²) in [5, 5.41) is 10.2. The molecule has 4 nitrogen and oxygen atoms in total. The van der Waals surface area contributed by atoms with Gasteiger partial charge in [-0.3, -0.25) is 0 Å². The monoisotopic (exact) mass is 305 g/mol. The lowest BCUT2D eigenvalue weighted by Gasteiger charge is -2.13. The summed E-state index contributed by atoms with van der Waals surface area (Å²) >= 11 is 7.06. The fourth-order valence-electron chi connectivity index (χ4n) is 1.53. The van der Waals surface area contributed by atoms with E-state index in [-0.39, 0.29) is 17.4 Å². The average Bonchev–Trinajstić information content (AvgIpc) is 2.72. The van der Waals surface area contributed by atoms with Crippen LogP contribution in [0, 0.1) is 0 Å². The number of aliphatic hydroxyl groups excluding tert-OH is 1. The lowest BCUT2D eigenvalue weighted by Crippen LogP contribution is -2.29. The lowest BCUT2D eigenvalue weighted by molar-refractivity contribution is 0.266. The van der Waals surface area contributed by atoms with Crippen LogP contribution in [-0.2, 0) is 10.0 Å². The van der Waals surface area contributed by atoms with Gasteiger partial charge in [-0.2, -0.15) is 4.31 Å². The van der Waals surface area contributed by atoms with Crippen molar-refractivity contribution in [3.05, 3.63) is 29.3 Å². The Labute approximate surface area is 114 Å². The number of nitrogens with zero attached hydrogens (tertiary/aromatic N) is 1. The quantitative estimate of drug-likeness (QED) is 0.942. The summed E-state index contributed by atoms with van der Waals surface area (Å²) in [6.07, 6.45) is 0. The van der Waals surface area contributed by atoms with E-state index in [2.05, 4.69) is 0 Å². The van der Waals surface area contributed by atoms with Crippen molar-refractivity contribution in [2.75, 3.05) is 20.2 Å². The first-order valence-corrected chi connectivity index (χ1v) is 7.85. The highest BCUT2D eigenvalue weighted by molar-refractivity contribution is 7.91. The van der Waals surface area contributed by atoms with E-state index >= 15 is 0 Å². The molecule has 18 heavy (non-hydrogen) atoms. The Kier molecular flexibility index (Phi) is 3.93. The van der Waals surface area contributed by atoms with E-state index < -0.39 is 10.0 Å². The van der Waals surface area contributed by atoms with Gasteiger partial charge in [0.05, 0.1) is 6.61 Å². The van der Waals surface area contributed by atoms with E-state index in [4.69, 9.17) is 16.7 Å². The van der Waals surface area contributed by atoms with Gasteiger partial charge in [-0.1, -0.05) is 11.6 Å². The van der Waals surface area contributed by atoms with Crippen molar-refractivity contribution in [3.8, 4) is 0 Å². The molecule has 2 rings (SSSR count). The van der Waals surface area contributed by atoms with Gasteiger partial charge in [0.2, 0.25) is 0 Å². The van der Waals surface area contributed by atoms with Crippen LogP contribution < -0.4 is 0 Å². The van der Waals surface area contributed by atoms with Crippen molar-refractivity contribution in [2.45, 2.75) is 4.21 Å². The highest BCUT2D eigenvalue weighted by atomic mass is 35.5. The molecule has 0 saturated carbocycles. The molecule has 0 aliphatic heterocycles. The van der Waals surface area contributed by atoms with Crippen LogP contribution in [-0.4, -0.2) is 38.0 Å². The molecule has 0 amide bonds. The molecular formula is C11H12ClNO3S2. The molecule has 98 valence electrons. The lowest BCUT2D eigenvalue weighted by atomic mass is 10.3.